The Kier molecular flexibility index (Phi) is 8.02. The van der Waals surface area contributed by atoms with E-state index in [1.807, 2.05) is 6.07 Å². The molecule has 2 rings (SSSR count). The van der Waals surface area contributed by atoms with Gasteiger partial charge in [-0.05, 0) is 37.0 Å². The van der Waals surface area contributed by atoms with E-state index >= 15 is 0 Å². The fourth-order valence-corrected chi connectivity index (χ4v) is 2.63. The molecule has 1 aromatic carbocycles. The highest BCUT2D eigenvalue weighted by atomic mass is 79.9. The molecule has 0 spiro atoms. The van der Waals surface area contributed by atoms with Crippen LogP contribution in [-0.2, 0) is 4.79 Å². The maximum atomic E-state index is 12.2. The van der Waals surface area contributed by atoms with Gasteiger partial charge in [0, 0.05) is 29.9 Å². The number of ketones is 1. The molecule has 1 atom stereocenters. The van der Waals surface area contributed by atoms with Crippen LogP contribution in [-0.4, -0.2) is 31.4 Å². The van der Waals surface area contributed by atoms with Crippen LogP contribution < -0.4 is 15.8 Å². The number of carbonyl (C=O) groups is 2. The molecule has 0 bridgehead atoms. The third-order valence-electron chi connectivity index (χ3n) is 3.80. The minimum Gasteiger partial charge on any atom is -0.496 e. The zero-order chi connectivity index (χ0) is 16.1. The first-order chi connectivity index (χ1) is 10.5. The SMILES string of the molecule is COc1ccc(Br)cc1C(=O)CCC(=O)NCC(N)C1CC1.Cl. The molecule has 1 aliphatic rings. The van der Waals surface area contributed by atoms with Crippen molar-refractivity contribution in [1.29, 1.82) is 0 Å². The van der Waals surface area contributed by atoms with Crippen LogP contribution >= 0.6 is 28.3 Å². The summed E-state index contributed by atoms with van der Waals surface area (Å²) < 4.78 is 5.98. The molecule has 1 unspecified atom stereocenters. The number of hydrogen-bond donors (Lipinski definition) is 2. The quantitative estimate of drug-likeness (QED) is 0.652. The van der Waals surface area contributed by atoms with Gasteiger partial charge in [-0.15, -0.1) is 12.4 Å². The predicted octanol–water partition coefficient (Wildman–Crippen LogP) is 2.70. The summed E-state index contributed by atoms with van der Waals surface area (Å²) in [6.45, 7) is 0.484. The minimum atomic E-state index is -0.140. The number of rotatable bonds is 8. The van der Waals surface area contributed by atoms with E-state index in [0.29, 0.717) is 23.8 Å². The molecule has 1 amide bonds. The summed E-state index contributed by atoms with van der Waals surface area (Å²) in [4.78, 5) is 24.0. The largest absolute Gasteiger partial charge is 0.496 e. The van der Waals surface area contributed by atoms with E-state index in [0.717, 1.165) is 17.3 Å². The molecule has 5 nitrogen and oxygen atoms in total. The van der Waals surface area contributed by atoms with Gasteiger partial charge in [0.25, 0.3) is 0 Å². The van der Waals surface area contributed by atoms with E-state index in [1.54, 1.807) is 12.1 Å². The molecule has 0 aliphatic heterocycles. The maximum absolute atomic E-state index is 12.2. The normalized spacial score (nSPS) is 14.6. The van der Waals surface area contributed by atoms with E-state index in [2.05, 4.69) is 21.2 Å². The minimum absolute atomic E-state index is 0. The Hall–Kier alpha value is -1.11. The molecular weight excluding hydrogens is 384 g/mol. The number of amides is 1. The molecule has 1 saturated carbocycles. The summed E-state index contributed by atoms with van der Waals surface area (Å²) in [5, 5.41) is 2.79. The van der Waals surface area contributed by atoms with Gasteiger partial charge in [-0.25, -0.2) is 0 Å². The fraction of sp³-hybridized carbons (Fsp3) is 0.500. The zero-order valence-electron chi connectivity index (χ0n) is 13.0. The Morgan fingerprint density at radius 3 is 2.70 bits per heavy atom. The summed E-state index contributed by atoms with van der Waals surface area (Å²) >= 11 is 3.33. The number of hydrogen-bond acceptors (Lipinski definition) is 4. The number of benzene rings is 1. The van der Waals surface area contributed by atoms with Crippen LogP contribution in [0.3, 0.4) is 0 Å². The first kappa shape index (κ1) is 19.9. The Labute approximate surface area is 150 Å². The number of methoxy groups -OCH3 is 1. The Morgan fingerprint density at radius 2 is 2.09 bits per heavy atom. The average Bonchev–Trinajstić information content (AvgIpc) is 3.35. The molecule has 0 radical (unpaired) electrons. The lowest BCUT2D eigenvalue weighted by Crippen LogP contribution is -2.38. The Morgan fingerprint density at radius 1 is 1.39 bits per heavy atom. The molecule has 1 fully saturated rings. The van der Waals surface area contributed by atoms with E-state index < -0.39 is 0 Å². The highest BCUT2D eigenvalue weighted by Gasteiger charge is 2.28. The fourth-order valence-electron chi connectivity index (χ4n) is 2.27. The summed E-state index contributed by atoms with van der Waals surface area (Å²) in [5.41, 5.74) is 6.41. The zero-order valence-corrected chi connectivity index (χ0v) is 15.4. The second-order valence-electron chi connectivity index (χ2n) is 5.57. The number of nitrogens with two attached hydrogens (primary N) is 1. The molecule has 0 aromatic heterocycles. The van der Waals surface area contributed by atoms with Gasteiger partial charge < -0.3 is 15.8 Å². The molecule has 23 heavy (non-hydrogen) atoms. The average molecular weight is 406 g/mol. The third kappa shape index (κ3) is 6.12. The monoisotopic (exact) mass is 404 g/mol. The lowest BCUT2D eigenvalue weighted by molar-refractivity contribution is -0.121. The van der Waals surface area contributed by atoms with Crippen LogP contribution in [0.25, 0.3) is 0 Å². The van der Waals surface area contributed by atoms with Gasteiger partial charge in [-0.1, -0.05) is 15.9 Å². The molecule has 7 heteroatoms. The molecule has 0 heterocycles. The summed E-state index contributed by atoms with van der Waals surface area (Å²) in [6.07, 6.45) is 2.61. The molecule has 3 N–H and O–H groups in total. The second kappa shape index (κ2) is 9.25. The van der Waals surface area contributed by atoms with Gasteiger partial charge in [0.15, 0.2) is 5.78 Å². The van der Waals surface area contributed by atoms with Crippen molar-refractivity contribution < 1.29 is 14.3 Å². The van der Waals surface area contributed by atoms with Gasteiger partial charge in [0.2, 0.25) is 5.91 Å². The Bertz CT molecular complexity index is 564. The Balaban J connectivity index is 0.00000264. The molecule has 128 valence electrons. The smallest absolute Gasteiger partial charge is 0.220 e. The number of carbonyl (C=O) groups excluding carboxylic acids is 2. The first-order valence-corrected chi connectivity index (χ1v) is 8.19. The van der Waals surface area contributed by atoms with Crippen LogP contribution in [0.5, 0.6) is 5.75 Å². The van der Waals surface area contributed by atoms with Gasteiger partial charge in [0.05, 0.1) is 12.7 Å². The van der Waals surface area contributed by atoms with Crippen LogP contribution in [0.4, 0.5) is 0 Å². The summed E-state index contributed by atoms with van der Waals surface area (Å²) in [5.74, 6) is 0.815. The number of Topliss-reactive ketones (excluding diaryl/α,β-unsaturated/α-hetero) is 1. The van der Waals surface area contributed by atoms with E-state index in [9.17, 15) is 9.59 Å². The summed E-state index contributed by atoms with van der Waals surface area (Å²) in [7, 11) is 1.52. The van der Waals surface area contributed by atoms with Gasteiger partial charge >= 0.3 is 0 Å². The number of ether oxygens (including phenoxy) is 1. The number of nitrogens with one attached hydrogen (secondary N) is 1. The topological polar surface area (TPSA) is 81.4 Å². The van der Waals surface area contributed by atoms with E-state index in [4.69, 9.17) is 10.5 Å². The highest BCUT2D eigenvalue weighted by Crippen LogP contribution is 2.31. The molecule has 0 saturated heterocycles. The van der Waals surface area contributed by atoms with Crippen molar-refractivity contribution in [3.63, 3.8) is 0 Å². The van der Waals surface area contributed by atoms with Crippen molar-refractivity contribution in [2.45, 2.75) is 31.7 Å². The van der Waals surface area contributed by atoms with Crippen LogP contribution in [0.15, 0.2) is 22.7 Å². The van der Waals surface area contributed by atoms with Crippen molar-refractivity contribution in [3.8, 4) is 5.75 Å². The van der Waals surface area contributed by atoms with Crippen molar-refractivity contribution in [1.82, 2.24) is 5.32 Å². The first-order valence-electron chi connectivity index (χ1n) is 7.40. The highest BCUT2D eigenvalue weighted by molar-refractivity contribution is 9.10. The molecular formula is C16H22BrClN2O3. The van der Waals surface area contributed by atoms with Gasteiger partial charge in [-0.2, -0.15) is 0 Å². The van der Waals surface area contributed by atoms with Gasteiger partial charge in [0.1, 0.15) is 5.75 Å². The number of halogens is 2. The van der Waals surface area contributed by atoms with E-state index in [-0.39, 0.29) is 43.0 Å². The third-order valence-corrected chi connectivity index (χ3v) is 4.30. The molecule has 1 aromatic rings. The van der Waals surface area contributed by atoms with Crippen LogP contribution in [0.1, 0.15) is 36.0 Å². The second-order valence-corrected chi connectivity index (χ2v) is 6.49. The van der Waals surface area contributed by atoms with Crippen molar-refractivity contribution in [2.24, 2.45) is 11.7 Å². The van der Waals surface area contributed by atoms with Crippen molar-refractivity contribution >= 4 is 40.0 Å². The van der Waals surface area contributed by atoms with E-state index in [1.165, 1.54) is 7.11 Å². The maximum Gasteiger partial charge on any atom is 0.220 e. The lowest BCUT2D eigenvalue weighted by Gasteiger charge is -2.12. The van der Waals surface area contributed by atoms with Crippen molar-refractivity contribution in [2.75, 3.05) is 13.7 Å². The predicted molar refractivity (Wildman–Crippen MR) is 95.2 cm³/mol. The van der Waals surface area contributed by atoms with Crippen LogP contribution in [0.2, 0.25) is 0 Å². The van der Waals surface area contributed by atoms with Crippen molar-refractivity contribution in [3.05, 3.63) is 28.2 Å². The summed E-state index contributed by atoms with van der Waals surface area (Å²) in [6, 6.07) is 5.28. The standard InChI is InChI=1S/C16H21BrN2O3.ClH/c1-22-15-6-4-11(17)8-12(15)14(20)5-7-16(21)19-9-13(18)10-2-3-10;/h4,6,8,10,13H,2-3,5,7,9,18H2,1H3,(H,19,21);1H. The van der Waals surface area contributed by atoms with Gasteiger partial charge in [-0.3, -0.25) is 9.59 Å². The lowest BCUT2D eigenvalue weighted by atomic mass is 10.1. The molecule has 1 aliphatic carbocycles. The van der Waals surface area contributed by atoms with Crippen LogP contribution in [0, 0.1) is 5.92 Å².